The van der Waals surface area contributed by atoms with Crippen LogP contribution in [0.5, 0.6) is 0 Å². The van der Waals surface area contributed by atoms with Crippen LogP contribution >= 0.6 is 0 Å². The SMILES string of the molecule is CC(C)(N)COC(=O)N1CCCCC1. The minimum absolute atomic E-state index is 0.219. The van der Waals surface area contributed by atoms with E-state index in [1.807, 2.05) is 13.8 Å². The number of hydrogen-bond acceptors (Lipinski definition) is 3. The molecule has 1 aliphatic rings. The maximum atomic E-state index is 11.5. The van der Waals surface area contributed by atoms with Gasteiger partial charge in [-0.2, -0.15) is 0 Å². The van der Waals surface area contributed by atoms with Crippen molar-refractivity contribution in [2.24, 2.45) is 5.73 Å². The first kappa shape index (κ1) is 11.3. The van der Waals surface area contributed by atoms with E-state index in [0.29, 0.717) is 0 Å². The molecule has 0 atom stereocenters. The van der Waals surface area contributed by atoms with E-state index >= 15 is 0 Å². The molecule has 14 heavy (non-hydrogen) atoms. The van der Waals surface area contributed by atoms with Crippen LogP contribution in [0.2, 0.25) is 0 Å². The normalized spacial score (nSPS) is 18.1. The maximum absolute atomic E-state index is 11.5. The number of carbonyl (C=O) groups excluding carboxylic acids is 1. The largest absolute Gasteiger partial charge is 0.447 e. The fourth-order valence-electron chi connectivity index (χ4n) is 1.42. The van der Waals surface area contributed by atoms with E-state index in [4.69, 9.17) is 10.5 Å². The van der Waals surface area contributed by atoms with Gasteiger partial charge in [0, 0.05) is 18.6 Å². The minimum Gasteiger partial charge on any atom is -0.447 e. The number of nitrogens with two attached hydrogens (primary N) is 1. The highest BCUT2D eigenvalue weighted by molar-refractivity contribution is 5.67. The Hall–Kier alpha value is -0.770. The molecule has 0 aromatic heterocycles. The number of amides is 1. The molecule has 0 unspecified atom stereocenters. The van der Waals surface area contributed by atoms with Crippen molar-refractivity contribution in [1.82, 2.24) is 4.90 Å². The highest BCUT2D eigenvalue weighted by Crippen LogP contribution is 2.10. The summed E-state index contributed by atoms with van der Waals surface area (Å²) in [6.45, 7) is 5.61. The van der Waals surface area contributed by atoms with Crippen LogP contribution in [-0.2, 0) is 4.74 Å². The van der Waals surface area contributed by atoms with Gasteiger partial charge < -0.3 is 15.4 Å². The topological polar surface area (TPSA) is 55.6 Å². The molecule has 1 rings (SSSR count). The molecule has 1 fully saturated rings. The monoisotopic (exact) mass is 200 g/mol. The van der Waals surface area contributed by atoms with E-state index in [-0.39, 0.29) is 12.7 Å². The minimum atomic E-state index is -0.439. The molecule has 0 radical (unpaired) electrons. The number of piperidine rings is 1. The van der Waals surface area contributed by atoms with Crippen molar-refractivity contribution < 1.29 is 9.53 Å². The number of hydrogen-bond donors (Lipinski definition) is 1. The summed E-state index contributed by atoms with van der Waals surface area (Å²) in [5.41, 5.74) is 5.28. The lowest BCUT2D eigenvalue weighted by atomic mass is 10.1. The Morgan fingerprint density at radius 2 is 1.93 bits per heavy atom. The third-order valence-corrected chi connectivity index (χ3v) is 2.18. The molecular weight excluding hydrogens is 180 g/mol. The van der Waals surface area contributed by atoms with Crippen LogP contribution in [0.15, 0.2) is 0 Å². The number of likely N-dealkylation sites (tertiary alicyclic amines) is 1. The molecule has 1 aliphatic heterocycles. The van der Waals surface area contributed by atoms with Gasteiger partial charge in [-0.25, -0.2) is 4.79 Å². The zero-order valence-corrected chi connectivity index (χ0v) is 9.08. The first-order valence-corrected chi connectivity index (χ1v) is 5.20. The van der Waals surface area contributed by atoms with E-state index in [1.54, 1.807) is 4.90 Å². The first-order chi connectivity index (χ1) is 6.49. The molecule has 4 heteroatoms. The fourth-order valence-corrected chi connectivity index (χ4v) is 1.42. The second kappa shape index (κ2) is 4.64. The van der Waals surface area contributed by atoms with Crippen molar-refractivity contribution in [3.05, 3.63) is 0 Å². The lowest BCUT2D eigenvalue weighted by molar-refractivity contribution is 0.0802. The molecule has 1 saturated heterocycles. The van der Waals surface area contributed by atoms with Crippen molar-refractivity contribution in [3.63, 3.8) is 0 Å². The van der Waals surface area contributed by atoms with Crippen LogP contribution in [-0.4, -0.2) is 36.2 Å². The third kappa shape index (κ3) is 3.96. The molecule has 0 spiro atoms. The summed E-state index contributed by atoms with van der Waals surface area (Å²) in [6.07, 6.45) is 3.16. The van der Waals surface area contributed by atoms with Crippen LogP contribution in [0, 0.1) is 0 Å². The summed E-state index contributed by atoms with van der Waals surface area (Å²) < 4.78 is 5.11. The summed E-state index contributed by atoms with van der Waals surface area (Å²) in [4.78, 5) is 13.3. The van der Waals surface area contributed by atoms with Gasteiger partial charge in [-0.1, -0.05) is 0 Å². The van der Waals surface area contributed by atoms with Crippen LogP contribution in [0.1, 0.15) is 33.1 Å². The lowest BCUT2D eigenvalue weighted by Gasteiger charge is -2.27. The molecule has 0 aliphatic carbocycles. The molecule has 1 heterocycles. The van der Waals surface area contributed by atoms with Gasteiger partial charge in [0.1, 0.15) is 6.61 Å². The molecule has 82 valence electrons. The summed E-state index contributed by atoms with van der Waals surface area (Å²) in [7, 11) is 0. The van der Waals surface area contributed by atoms with Crippen molar-refractivity contribution in [3.8, 4) is 0 Å². The molecular formula is C10H20N2O2. The van der Waals surface area contributed by atoms with Crippen molar-refractivity contribution in [2.75, 3.05) is 19.7 Å². The van der Waals surface area contributed by atoms with Gasteiger partial charge in [0.15, 0.2) is 0 Å². The highest BCUT2D eigenvalue weighted by atomic mass is 16.6. The smallest absolute Gasteiger partial charge is 0.409 e. The second-order valence-corrected chi connectivity index (χ2v) is 4.59. The van der Waals surface area contributed by atoms with Gasteiger partial charge in [-0.05, 0) is 33.1 Å². The van der Waals surface area contributed by atoms with Gasteiger partial charge in [0.2, 0.25) is 0 Å². The number of rotatable bonds is 2. The number of ether oxygens (including phenoxy) is 1. The predicted molar refractivity (Wildman–Crippen MR) is 55.0 cm³/mol. The Labute approximate surface area is 85.4 Å². The van der Waals surface area contributed by atoms with Crippen LogP contribution < -0.4 is 5.73 Å². The Kier molecular flexibility index (Phi) is 3.75. The van der Waals surface area contributed by atoms with Crippen molar-refractivity contribution in [2.45, 2.75) is 38.6 Å². The van der Waals surface area contributed by atoms with Gasteiger partial charge in [-0.3, -0.25) is 0 Å². The van der Waals surface area contributed by atoms with E-state index in [9.17, 15) is 4.79 Å². The number of nitrogens with zero attached hydrogens (tertiary/aromatic N) is 1. The summed E-state index contributed by atoms with van der Waals surface area (Å²) in [5, 5.41) is 0. The van der Waals surface area contributed by atoms with E-state index in [0.717, 1.165) is 25.9 Å². The number of carbonyl (C=O) groups is 1. The first-order valence-electron chi connectivity index (χ1n) is 5.20. The van der Waals surface area contributed by atoms with E-state index in [1.165, 1.54) is 6.42 Å². The Bertz CT molecular complexity index is 193. The molecule has 2 N–H and O–H groups in total. The molecule has 0 bridgehead atoms. The summed E-state index contributed by atoms with van der Waals surface area (Å²) >= 11 is 0. The average molecular weight is 200 g/mol. The third-order valence-electron chi connectivity index (χ3n) is 2.18. The molecule has 0 aromatic rings. The standard InChI is InChI=1S/C10H20N2O2/c1-10(2,11)8-14-9(13)12-6-4-3-5-7-12/h3-8,11H2,1-2H3. The quantitative estimate of drug-likeness (QED) is 0.732. The van der Waals surface area contributed by atoms with Gasteiger partial charge in [-0.15, -0.1) is 0 Å². The zero-order chi connectivity index (χ0) is 10.6. The second-order valence-electron chi connectivity index (χ2n) is 4.59. The zero-order valence-electron chi connectivity index (χ0n) is 9.08. The Morgan fingerprint density at radius 3 is 2.43 bits per heavy atom. The maximum Gasteiger partial charge on any atom is 0.409 e. The predicted octanol–water partition coefficient (Wildman–Crippen LogP) is 1.35. The molecule has 1 amide bonds. The van der Waals surface area contributed by atoms with Crippen molar-refractivity contribution in [1.29, 1.82) is 0 Å². The van der Waals surface area contributed by atoms with Gasteiger partial charge >= 0.3 is 6.09 Å². The van der Waals surface area contributed by atoms with Crippen LogP contribution in [0.25, 0.3) is 0 Å². The molecule has 0 saturated carbocycles. The fraction of sp³-hybridized carbons (Fsp3) is 0.900. The molecule has 0 aromatic carbocycles. The van der Waals surface area contributed by atoms with Gasteiger partial charge in [0.05, 0.1) is 0 Å². The molecule has 4 nitrogen and oxygen atoms in total. The Morgan fingerprint density at radius 1 is 1.36 bits per heavy atom. The highest BCUT2D eigenvalue weighted by Gasteiger charge is 2.20. The van der Waals surface area contributed by atoms with E-state index < -0.39 is 5.54 Å². The Balaban J connectivity index is 2.27. The summed E-state index contributed by atoms with van der Waals surface area (Å²) in [6, 6.07) is 0. The van der Waals surface area contributed by atoms with Crippen molar-refractivity contribution >= 4 is 6.09 Å². The van der Waals surface area contributed by atoms with Gasteiger partial charge in [0.25, 0.3) is 0 Å². The van der Waals surface area contributed by atoms with Crippen LogP contribution in [0.3, 0.4) is 0 Å². The summed E-state index contributed by atoms with van der Waals surface area (Å²) in [5.74, 6) is 0. The average Bonchev–Trinajstić information content (AvgIpc) is 2.14. The van der Waals surface area contributed by atoms with Crippen LogP contribution in [0.4, 0.5) is 4.79 Å². The van der Waals surface area contributed by atoms with E-state index in [2.05, 4.69) is 0 Å². The lowest BCUT2D eigenvalue weighted by Crippen LogP contribution is -2.42.